The Morgan fingerprint density at radius 3 is 1.15 bits per heavy atom. The number of fused-ring (bicyclic) bond motifs is 6. The molecule has 1 nitrogen and oxygen atoms in total. The molecular weight excluding hydrogens is 783 g/mol. The summed E-state index contributed by atoms with van der Waals surface area (Å²) in [7, 11) is 0. The molecule has 1 aliphatic rings. The number of para-hydroxylation sites is 1. The highest BCUT2D eigenvalue weighted by Gasteiger charge is 2.26. The standard InChI is InChI=1S/C64H53N/c1-63(2,3)51-28-22-44(23-29-51)56-36-49-39-60-58-35-46-26-32-54(34-48(46)38-59(58)61(60)40-50(49)37-57(56)45-24-30-52(31-25-45)64(4,5)6)65(53-20-14-9-15-21-53)62-41-47(42-16-10-7-11-17-42)27-33-55(62)43-18-12-8-13-19-43/h7-41H,1-6H3. The third-order valence-electron chi connectivity index (χ3n) is 13.5. The molecule has 0 bridgehead atoms. The minimum atomic E-state index is 0.0898. The highest BCUT2D eigenvalue weighted by molar-refractivity contribution is 6.13. The van der Waals surface area contributed by atoms with Gasteiger partial charge in [-0.2, -0.15) is 0 Å². The fraction of sp³-hybridized carbons (Fsp3) is 0.125. The van der Waals surface area contributed by atoms with Gasteiger partial charge in [0.25, 0.3) is 0 Å². The van der Waals surface area contributed by atoms with Crippen molar-refractivity contribution in [3.8, 4) is 66.8 Å². The summed E-state index contributed by atoms with van der Waals surface area (Å²) < 4.78 is 0. The van der Waals surface area contributed by atoms with Crippen LogP contribution in [0.4, 0.5) is 17.1 Å². The number of benzene rings is 10. The van der Waals surface area contributed by atoms with Gasteiger partial charge in [-0.05, 0) is 171 Å². The Kier molecular flexibility index (Phi) is 9.70. The van der Waals surface area contributed by atoms with Crippen molar-refractivity contribution in [2.45, 2.75) is 52.4 Å². The van der Waals surface area contributed by atoms with Crippen molar-refractivity contribution in [1.29, 1.82) is 0 Å². The van der Waals surface area contributed by atoms with Crippen LogP contribution in [0.25, 0.3) is 88.3 Å². The zero-order chi connectivity index (χ0) is 44.5. The van der Waals surface area contributed by atoms with Crippen molar-refractivity contribution in [2.24, 2.45) is 0 Å². The van der Waals surface area contributed by atoms with Gasteiger partial charge in [-0.25, -0.2) is 0 Å². The Morgan fingerprint density at radius 1 is 0.262 bits per heavy atom. The average molecular weight is 836 g/mol. The third kappa shape index (κ3) is 7.42. The van der Waals surface area contributed by atoms with Gasteiger partial charge in [0.1, 0.15) is 0 Å². The molecule has 0 spiro atoms. The second kappa shape index (κ2) is 15.6. The molecule has 0 heterocycles. The third-order valence-corrected chi connectivity index (χ3v) is 13.5. The highest BCUT2D eigenvalue weighted by Crippen LogP contribution is 2.52. The molecule has 10 aromatic carbocycles. The van der Waals surface area contributed by atoms with Crippen molar-refractivity contribution >= 4 is 38.6 Å². The Balaban J connectivity index is 1.04. The number of nitrogens with zero attached hydrogens (tertiary/aromatic N) is 1. The first kappa shape index (κ1) is 40.3. The molecule has 1 aliphatic carbocycles. The number of hydrogen-bond donors (Lipinski definition) is 0. The van der Waals surface area contributed by atoms with Gasteiger partial charge in [0.15, 0.2) is 0 Å². The molecule has 1 heteroatoms. The van der Waals surface area contributed by atoms with Crippen molar-refractivity contribution in [1.82, 2.24) is 0 Å². The van der Waals surface area contributed by atoms with Gasteiger partial charge < -0.3 is 4.90 Å². The maximum atomic E-state index is 2.43. The van der Waals surface area contributed by atoms with Crippen LogP contribution in [0.1, 0.15) is 52.7 Å². The maximum Gasteiger partial charge on any atom is 0.0546 e. The van der Waals surface area contributed by atoms with E-state index in [9.17, 15) is 0 Å². The number of anilines is 3. The molecule has 65 heavy (non-hydrogen) atoms. The first-order valence-electron chi connectivity index (χ1n) is 23.0. The molecule has 0 radical (unpaired) electrons. The summed E-state index contributed by atoms with van der Waals surface area (Å²) in [5.41, 5.74) is 21.3. The Labute approximate surface area is 384 Å². The number of hydrogen-bond acceptors (Lipinski definition) is 1. The molecule has 0 saturated carbocycles. The minimum absolute atomic E-state index is 0.0898. The summed E-state index contributed by atoms with van der Waals surface area (Å²) in [6.07, 6.45) is 0. The summed E-state index contributed by atoms with van der Waals surface area (Å²) in [6, 6.07) is 79.1. The van der Waals surface area contributed by atoms with Gasteiger partial charge in [0, 0.05) is 16.9 Å². The molecule has 0 saturated heterocycles. The van der Waals surface area contributed by atoms with Gasteiger partial charge >= 0.3 is 0 Å². The topological polar surface area (TPSA) is 3.24 Å². The Bertz CT molecular complexity index is 3390. The normalized spacial score (nSPS) is 12.2. The number of rotatable bonds is 7. The SMILES string of the molecule is CC(C)(C)c1ccc(-c2cc3cc4c(cc3cc2-c2ccc(C(C)(C)C)cc2)-c2cc3cc(N(c5ccccc5)c5cc(-c6ccccc6)ccc5-c5ccccc5)ccc3cc2-4)cc1. The average Bonchev–Trinajstić information content (AvgIpc) is 3.33. The summed E-state index contributed by atoms with van der Waals surface area (Å²) in [4.78, 5) is 2.43. The van der Waals surface area contributed by atoms with E-state index in [1.165, 1.54) is 99.4 Å². The van der Waals surface area contributed by atoms with E-state index in [0.717, 1.165) is 17.1 Å². The fourth-order valence-electron chi connectivity index (χ4n) is 9.77. The monoisotopic (exact) mass is 835 g/mol. The second-order valence-electron chi connectivity index (χ2n) is 19.9. The molecule has 0 unspecified atom stereocenters. The lowest BCUT2D eigenvalue weighted by atomic mass is 9.77. The molecule has 10 aromatic rings. The highest BCUT2D eigenvalue weighted by atomic mass is 15.1. The van der Waals surface area contributed by atoms with Crippen LogP contribution in [0.3, 0.4) is 0 Å². The van der Waals surface area contributed by atoms with Crippen molar-refractivity contribution in [2.75, 3.05) is 4.90 Å². The lowest BCUT2D eigenvalue weighted by Crippen LogP contribution is -2.11. The van der Waals surface area contributed by atoms with Gasteiger partial charge in [0.05, 0.1) is 5.69 Å². The molecule has 0 fully saturated rings. The van der Waals surface area contributed by atoms with E-state index in [1.807, 2.05) is 0 Å². The zero-order valence-electron chi connectivity index (χ0n) is 38.2. The molecule has 0 aliphatic heterocycles. The van der Waals surface area contributed by atoms with E-state index in [1.54, 1.807) is 0 Å². The van der Waals surface area contributed by atoms with Crippen molar-refractivity contribution in [3.05, 3.63) is 223 Å². The van der Waals surface area contributed by atoms with E-state index in [2.05, 4.69) is 259 Å². The largest absolute Gasteiger partial charge is 0.310 e. The summed E-state index contributed by atoms with van der Waals surface area (Å²) >= 11 is 0. The van der Waals surface area contributed by atoms with Crippen LogP contribution in [0.5, 0.6) is 0 Å². The summed E-state index contributed by atoms with van der Waals surface area (Å²) in [5.74, 6) is 0. The predicted octanol–water partition coefficient (Wildman–Crippen LogP) is 18.4. The molecule has 11 rings (SSSR count). The van der Waals surface area contributed by atoms with E-state index in [4.69, 9.17) is 0 Å². The molecule has 0 aromatic heterocycles. The minimum Gasteiger partial charge on any atom is -0.310 e. The predicted molar refractivity (Wildman–Crippen MR) is 280 cm³/mol. The van der Waals surface area contributed by atoms with E-state index < -0.39 is 0 Å². The summed E-state index contributed by atoms with van der Waals surface area (Å²) in [5, 5.41) is 4.98. The van der Waals surface area contributed by atoms with E-state index >= 15 is 0 Å². The quantitative estimate of drug-likeness (QED) is 0.155. The Morgan fingerprint density at radius 2 is 0.662 bits per heavy atom. The molecule has 0 N–H and O–H groups in total. The van der Waals surface area contributed by atoms with Crippen molar-refractivity contribution < 1.29 is 0 Å². The fourth-order valence-corrected chi connectivity index (χ4v) is 9.77. The maximum absolute atomic E-state index is 2.43. The summed E-state index contributed by atoms with van der Waals surface area (Å²) in [6.45, 7) is 13.7. The van der Waals surface area contributed by atoms with Crippen LogP contribution in [-0.2, 0) is 10.8 Å². The smallest absolute Gasteiger partial charge is 0.0546 e. The van der Waals surface area contributed by atoms with Crippen LogP contribution in [0.2, 0.25) is 0 Å². The van der Waals surface area contributed by atoms with E-state index in [-0.39, 0.29) is 10.8 Å². The van der Waals surface area contributed by atoms with Gasteiger partial charge in [-0.3, -0.25) is 0 Å². The lowest BCUT2D eigenvalue weighted by molar-refractivity contribution is 0.590. The lowest BCUT2D eigenvalue weighted by Gasteiger charge is -2.30. The van der Waals surface area contributed by atoms with Crippen LogP contribution in [0.15, 0.2) is 212 Å². The van der Waals surface area contributed by atoms with Crippen molar-refractivity contribution in [3.63, 3.8) is 0 Å². The van der Waals surface area contributed by atoms with Crippen LogP contribution < -0.4 is 4.90 Å². The first-order chi connectivity index (χ1) is 31.5. The van der Waals surface area contributed by atoms with Crippen LogP contribution in [0, 0.1) is 0 Å². The second-order valence-corrected chi connectivity index (χ2v) is 19.9. The molecule has 314 valence electrons. The molecule has 0 atom stereocenters. The zero-order valence-corrected chi connectivity index (χ0v) is 38.2. The first-order valence-corrected chi connectivity index (χ1v) is 23.0. The van der Waals surface area contributed by atoms with Gasteiger partial charge in [0.2, 0.25) is 0 Å². The van der Waals surface area contributed by atoms with Gasteiger partial charge in [-0.15, -0.1) is 0 Å². The van der Waals surface area contributed by atoms with Gasteiger partial charge in [-0.1, -0.05) is 187 Å². The molecule has 0 amide bonds. The van der Waals surface area contributed by atoms with Crippen LogP contribution >= 0.6 is 0 Å². The molecular formula is C64H53N. The van der Waals surface area contributed by atoms with Crippen LogP contribution in [-0.4, -0.2) is 0 Å². The Hall–Kier alpha value is -7.48. The van der Waals surface area contributed by atoms with E-state index in [0.29, 0.717) is 0 Å².